The van der Waals surface area contributed by atoms with E-state index in [2.05, 4.69) is 6.92 Å². The molecule has 1 aliphatic carbocycles. The molecule has 2 rings (SSSR count). The fourth-order valence-electron chi connectivity index (χ4n) is 2.26. The Hall–Kier alpha value is -1.09. The number of benzene rings is 1. The van der Waals surface area contributed by atoms with Gasteiger partial charge >= 0.3 is 0 Å². The SMILES string of the molecule is Cc1ccc(OC2CC(C)CCC2O)cc1F. The van der Waals surface area contributed by atoms with Crippen molar-refractivity contribution in [2.24, 2.45) is 5.92 Å². The van der Waals surface area contributed by atoms with E-state index in [0.29, 0.717) is 17.2 Å². The summed E-state index contributed by atoms with van der Waals surface area (Å²) in [7, 11) is 0. The van der Waals surface area contributed by atoms with Gasteiger partial charge in [0.15, 0.2) is 0 Å². The van der Waals surface area contributed by atoms with Gasteiger partial charge in [0, 0.05) is 6.07 Å². The third-order valence-corrected chi connectivity index (χ3v) is 3.45. The monoisotopic (exact) mass is 238 g/mol. The Morgan fingerprint density at radius 3 is 2.82 bits per heavy atom. The van der Waals surface area contributed by atoms with E-state index in [1.165, 1.54) is 6.07 Å². The fraction of sp³-hybridized carbons (Fsp3) is 0.571. The minimum absolute atomic E-state index is 0.208. The van der Waals surface area contributed by atoms with E-state index in [9.17, 15) is 9.50 Å². The molecule has 1 aromatic carbocycles. The number of ether oxygens (including phenoxy) is 1. The lowest BCUT2D eigenvalue weighted by atomic mass is 9.86. The molecule has 1 fully saturated rings. The van der Waals surface area contributed by atoms with Crippen molar-refractivity contribution >= 4 is 0 Å². The predicted octanol–water partition coefficient (Wildman–Crippen LogP) is 3.06. The van der Waals surface area contributed by atoms with Crippen LogP contribution in [0.25, 0.3) is 0 Å². The lowest BCUT2D eigenvalue weighted by Crippen LogP contribution is -2.37. The number of hydrogen-bond acceptors (Lipinski definition) is 2. The molecule has 1 aromatic rings. The molecule has 0 aromatic heterocycles. The summed E-state index contributed by atoms with van der Waals surface area (Å²) in [5.74, 6) is 0.797. The first kappa shape index (κ1) is 12.4. The average Bonchev–Trinajstić information content (AvgIpc) is 2.29. The summed E-state index contributed by atoms with van der Waals surface area (Å²) in [6.07, 6.45) is 1.98. The summed E-state index contributed by atoms with van der Waals surface area (Å²) in [5, 5.41) is 9.85. The summed E-state index contributed by atoms with van der Waals surface area (Å²) in [6, 6.07) is 4.84. The van der Waals surface area contributed by atoms with Crippen LogP contribution in [0.5, 0.6) is 5.75 Å². The van der Waals surface area contributed by atoms with Crippen LogP contribution in [0.3, 0.4) is 0 Å². The van der Waals surface area contributed by atoms with Crippen molar-refractivity contribution in [3.05, 3.63) is 29.6 Å². The highest BCUT2D eigenvalue weighted by molar-refractivity contribution is 5.28. The smallest absolute Gasteiger partial charge is 0.129 e. The topological polar surface area (TPSA) is 29.5 Å². The third-order valence-electron chi connectivity index (χ3n) is 3.45. The van der Waals surface area contributed by atoms with Gasteiger partial charge in [0.2, 0.25) is 0 Å². The molecule has 94 valence electrons. The summed E-state index contributed by atoms with van der Waals surface area (Å²) < 4.78 is 19.0. The molecule has 1 aliphatic rings. The van der Waals surface area contributed by atoms with Gasteiger partial charge in [0.25, 0.3) is 0 Å². The van der Waals surface area contributed by atoms with Crippen molar-refractivity contribution in [1.82, 2.24) is 0 Å². The van der Waals surface area contributed by atoms with Crippen LogP contribution in [-0.2, 0) is 0 Å². The number of hydrogen-bond donors (Lipinski definition) is 1. The number of aliphatic hydroxyl groups is 1. The van der Waals surface area contributed by atoms with Gasteiger partial charge in [0.05, 0.1) is 6.10 Å². The Labute approximate surface area is 101 Å². The number of aliphatic hydroxyl groups excluding tert-OH is 1. The van der Waals surface area contributed by atoms with Crippen molar-refractivity contribution in [2.45, 2.75) is 45.3 Å². The Balaban J connectivity index is 2.06. The highest BCUT2D eigenvalue weighted by Crippen LogP contribution is 2.28. The molecule has 0 saturated heterocycles. The molecular weight excluding hydrogens is 219 g/mol. The van der Waals surface area contributed by atoms with Gasteiger partial charge in [0.1, 0.15) is 17.7 Å². The van der Waals surface area contributed by atoms with Crippen LogP contribution >= 0.6 is 0 Å². The van der Waals surface area contributed by atoms with Crippen LogP contribution in [0.15, 0.2) is 18.2 Å². The summed E-state index contributed by atoms with van der Waals surface area (Å²) in [5.41, 5.74) is 0.606. The fourth-order valence-corrected chi connectivity index (χ4v) is 2.26. The number of rotatable bonds is 2. The molecule has 3 unspecified atom stereocenters. The highest BCUT2D eigenvalue weighted by Gasteiger charge is 2.28. The van der Waals surface area contributed by atoms with Crippen molar-refractivity contribution in [1.29, 1.82) is 0 Å². The minimum Gasteiger partial charge on any atom is -0.488 e. The van der Waals surface area contributed by atoms with E-state index in [4.69, 9.17) is 4.74 Å². The maximum absolute atomic E-state index is 13.4. The lowest BCUT2D eigenvalue weighted by Gasteiger charge is -2.31. The van der Waals surface area contributed by atoms with Gasteiger partial charge in [-0.05, 0) is 43.7 Å². The Morgan fingerprint density at radius 2 is 2.12 bits per heavy atom. The van der Waals surface area contributed by atoms with Crippen molar-refractivity contribution < 1.29 is 14.2 Å². The van der Waals surface area contributed by atoms with Crippen molar-refractivity contribution in [3.63, 3.8) is 0 Å². The summed E-state index contributed by atoms with van der Waals surface area (Å²) >= 11 is 0. The number of aryl methyl sites for hydroxylation is 1. The first-order valence-electron chi connectivity index (χ1n) is 6.17. The van der Waals surface area contributed by atoms with E-state index < -0.39 is 6.10 Å². The van der Waals surface area contributed by atoms with Crippen LogP contribution in [0.1, 0.15) is 31.7 Å². The maximum atomic E-state index is 13.4. The van der Waals surface area contributed by atoms with E-state index in [1.807, 2.05) is 0 Å². The van der Waals surface area contributed by atoms with Crippen LogP contribution in [0, 0.1) is 18.7 Å². The molecule has 1 saturated carbocycles. The predicted molar refractivity (Wildman–Crippen MR) is 64.6 cm³/mol. The summed E-state index contributed by atoms with van der Waals surface area (Å²) in [4.78, 5) is 0. The zero-order valence-corrected chi connectivity index (χ0v) is 10.3. The molecule has 0 heterocycles. The van der Waals surface area contributed by atoms with Gasteiger partial charge in [-0.3, -0.25) is 0 Å². The van der Waals surface area contributed by atoms with Gasteiger partial charge in [-0.2, -0.15) is 0 Å². The first-order valence-corrected chi connectivity index (χ1v) is 6.17. The van der Waals surface area contributed by atoms with E-state index >= 15 is 0 Å². The van der Waals surface area contributed by atoms with Gasteiger partial charge in [-0.25, -0.2) is 4.39 Å². The quantitative estimate of drug-likeness (QED) is 0.858. The van der Waals surface area contributed by atoms with Crippen LogP contribution in [-0.4, -0.2) is 17.3 Å². The Bertz CT molecular complexity index is 392. The molecule has 17 heavy (non-hydrogen) atoms. The highest BCUT2D eigenvalue weighted by atomic mass is 19.1. The second kappa shape index (κ2) is 5.05. The molecule has 1 N–H and O–H groups in total. The third kappa shape index (κ3) is 2.97. The molecule has 3 heteroatoms. The van der Waals surface area contributed by atoms with Gasteiger partial charge < -0.3 is 9.84 Å². The van der Waals surface area contributed by atoms with Crippen LogP contribution in [0.4, 0.5) is 4.39 Å². The van der Waals surface area contributed by atoms with Crippen LogP contribution in [0.2, 0.25) is 0 Å². The molecule has 0 radical (unpaired) electrons. The molecule has 0 bridgehead atoms. The van der Waals surface area contributed by atoms with E-state index in [1.54, 1.807) is 19.1 Å². The maximum Gasteiger partial charge on any atom is 0.129 e. The molecule has 0 spiro atoms. The molecule has 0 amide bonds. The Kier molecular flexibility index (Phi) is 3.67. The average molecular weight is 238 g/mol. The van der Waals surface area contributed by atoms with Crippen molar-refractivity contribution in [3.8, 4) is 5.75 Å². The van der Waals surface area contributed by atoms with Crippen LogP contribution < -0.4 is 4.74 Å². The minimum atomic E-state index is -0.435. The van der Waals surface area contributed by atoms with E-state index in [0.717, 1.165) is 19.3 Å². The molecule has 2 nitrogen and oxygen atoms in total. The standard InChI is InChI=1S/C14H19FO2/c1-9-3-6-13(16)14(7-9)17-11-5-4-10(2)12(15)8-11/h4-5,8-9,13-14,16H,3,6-7H2,1-2H3. The van der Waals surface area contributed by atoms with Gasteiger partial charge in [-0.1, -0.05) is 13.0 Å². The first-order chi connectivity index (χ1) is 8.06. The van der Waals surface area contributed by atoms with Gasteiger partial charge in [-0.15, -0.1) is 0 Å². The largest absolute Gasteiger partial charge is 0.488 e. The zero-order valence-electron chi connectivity index (χ0n) is 10.3. The second-order valence-corrected chi connectivity index (χ2v) is 5.05. The lowest BCUT2D eigenvalue weighted by molar-refractivity contribution is -0.00772. The zero-order chi connectivity index (χ0) is 12.4. The van der Waals surface area contributed by atoms with Crippen molar-refractivity contribution in [2.75, 3.05) is 0 Å². The molecule has 3 atom stereocenters. The van der Waals surface area contributed by atoms with E-state index in [-0.39, 0.29) is 11.9 Å². The normalized spacial score (nSPS) is 29.1. The Morgan fingerprint density at radius 1 is 1.35 bits per heavy atom. The number of halogens is 1. The second-order valence-electron chi connectivity index (χ2n) is 5.05. The summed E-state index contributed by atoms with van der Waals surface area (Å²) in [6.45, 7) is 3.87. The molecular formula is C14H19FO2. The molecule has 0 aliphatic heterocycles.